The third kappa shape index (κ3) is 7.59. The topological polar surface area (TPSA) is 60.9 Å². The van der Waals surface area contributed by atoms with Crippen LogP contribution in [0.5, 0.6) is 0 Å². The lowest BCUT2D eigenvalue weighted by Crippen LogP contribution is -2.48. The van der Waals surface area contributed by atoms with Crippen molar-refractivity contribution >= 4 is 11.9 Å². The van der Waals surface area contributed by atoms with E-state index in [0.29, 0.717) is 6.04 Å². The van der Waals surface area contributed by atoms with Gasteiger partial charge in [-0.15, -0.1) is 0 Å². The summed E-state index contributed by atoms with van der Waals surface area (Å²) in [7, 11) is 0. The molecule has 0 saturated carbocycles. The van der Waals surface area contributed by atoms with Crippen molar-refractivity contribution in [1.82, 2.24) is 9.80 Å². The number of halogens is 3. The summed E-state index contributed by atoms with van der Waals surface area (Å²) in [6.45, 7) is 15.2. The van der Waals surface area contributed by atoms with Crippen molar-refractivity contribution in [3.63, 3.8) is 0 Å². The van der Waals surface area contributed by atoms with Gasteiger partial charge in [0.15, 0.2) is 0 Å². The van der Waals surface area contributed by atoms with Crippen molar-refractivity contribution in [3.8, 4) is 0 Å². The van der Waals surface area contributed by atoms with Gasteiger partial charge in [-0.2, -0.15) is 13.2 Å². The zero-order chi connectivity index (χ0) is 25.0. The standard InChI is InChI=1S/C23H34N2O.C2HF3O2/c1-17-10-13-25(16-18(17)2)21-11-14-24(15-12-21)22(26)19-6-8-20(9-7-19)23(3,4)5;3-2(4,5)1(6)7/h6-9,21H,10-16H2,1-5H3;(H,6,7). The summed E-state index contributed by atoms with van der Waals surface area (Å²) in [4.78, 5) is 26.4. The van der Waals surface area contributed by atoms with Crippen LogP contribution >= 0.6 is 0 Å². The van der Waals surface area contributed by atoms with Gasteiger partial charge in [0.1, 0.15) is 0 Å². The molecule has 0 aromatic heterocycles. The number of hydrogen-bond donors (Lipinski definition) is 1. The first-order chi connectivity index (χ1) is 15.2. The van der Waals surface area contributed by atoms with Crippen LogP contribution in [0.3, 0.4) is 0 Å². The Morgan fingerprint density at radius 2 is 1.45 bits per heavy atom. The van der Waals surface area contributed by atoms with Gasteiger partial charge in [-0.1, -0.05) is 44.1 Å². The van der Waals surface area contributed by atoms with E-state index in [4.69, 9.17) is 9.90 Å². The van der Waals surface area contributed by atoms with E-state index < -0.39 is 12.1 Å². The molecule has 0 spiro atoms. The first kappa shape index (κ1) is 26.9. The van der Waals surface area contributed by atoms with Crippen LogP contribution in [-0.4, -0.2) is 65.2 Å². The molecule has 184 valence electrons. The van der Waals surface area contributed by atoms with Gasteiger partial charge in [-0.05, 0) is 56.2 Å². The lowest BCUT2D eigenvalue weighted by Gasteiger charge is -2.40. The second-order valence-corrected chi connectivity index (χ2v) is 9.93. The molecule has 1 aromatic rings. The van der Waals surface area contributed by atoms with E-state index in [1.807, 2.05) is 17.0 Å². The maximum absolute atomic E-state index is 12.8. The van der Waals surface area contributed by atoms with Crippen LogP contribution < -0.4 is 0 Å². The normalized spacial score (nSPS) is 18.6. The molecule has 2 aliphatic heterocycles. The Kier molecular flexibility index (Phi) is 8.74. The van der Waals surface area contributed by atoms with Gasteiger partial charge in [0.25, 0.3) is 5.91 Å². The summed E-state index contributed by atoms with van der Waals surface area (Å²) in [5.41, 5.74) is 5.32. The van der Waals surface area contributed by atoms with Crippen molar-refractivity contribution in [2.45, 2.75) is 71.5 Å². The summed E-state index contributed by atoms with van der Waals surface area (Å²) in [5, 5.41) is 7.12. The fraction of sp³-hybridized carbons (Fsp3) is 0.600. The molecule has 1 fully saturated rings. The number of carboxylic acids is 1. The number of rotatable bonds is 2. The van der Waals surface area contributed by atoms with Crippen molar-refractivity contribution in [3.05, 3.63) is 46.5 Å². The van der Waals surface area contributed by atoms with E-state index in [1.165, 1.54) is 24.1 Å². The molecule has 0 radical (unpaired) electrons. The van der Waals surface area contributed by atoms with Crippen molar-refractivity contribution < 1.29 is 27.9 Å². The Morgan fingerprint density at radius 1 is 0.939 bits per heavy atom. The molecule has 1 amide bonds. The van der Waals surface area contributed by atoms with E-state index >= 15 is 0 Å². The number of benzene rings is 1. The predicted molar refractivity (Wildman–Crippen MR) is 122 cm³/mol. The second kappa shape index (κ2) is 10.7. The third-order valence-corrected chi connectivity index (χ3v) is 6.45. The Morgan fingerprint density at radius 3 is 1.88 bits per heavy atom. The first-order valence-electron chi connectivity index (χ1n) is 11.3. The number of piperidine rings is 1. The molecule has 0 bridgehead atoms. The molecule has 0 aliphatic carbocycles. The van der Waals surface area contributed by atoms with E-state index in [1.54, 1.807) is 5.57 Å². The quantitative estimate of drug-likeness (QED) is 0.601. The molecule has 2 aliphatic rings. The number of hydrogen-bond acceptors (Lipinski definition) is 3. The molecule has 1 aromatic carbocycles. The van der Waals surface area contributed by atoms with Gasteiger partial charge in [-0.3, -0.25) is 9.69 Å². The van der Waals surface area contributed by atoms with Gasteiger partial charge in [0.05, 0.1) is 0 Å². The summed E-state index contributed by atoms with van der Waals surface area (Å²) >= 11 is 0. The lowest BCUT2D eigenvalue weighted by atomic mass is 9.86. The van der Waals surface area contributed by atoms with E-state index in [9.17, 15) is 18.0 Å². The highest BCUT2D eigenvalue weighted by atomic mass is 19.4. The minimum atomic E-state index is -5.08. The summed E-state index contributed by atoms with van der Waals surface area (Å²) < 4.78 is 31.7. The number of aliphatic carboxylic acids is 1. The first-order valence-corrected chi connectivity index (χ1v) is 11.3. The van der Waals surface area contributed by atoms with Crippen LogP contribution in [0.4, 0.5) is 13.2 Å². The molecule has 1 saturated heterocycles. The molecule has 8 heteroatoms. The van der Waals surface area contributed by atoms with Crippen LogP contribution in [0.15, 0.2) is 35.4 Å². The van der Waals surface area contributed by atoms with E-state index in [2.05, 4.69) is 51.7 Å². The maximum atomic E-state index is 12.8. The molecule has 2 heterocycles. The van der Waals surface area contributed by atoms with Crippen molar-refractivity contribution in [1.29, 1.82) is 0 Å². The smallest absolute Gasteiger partial charge is 0.475 e. The fourth-order valence-electron chi connectivity index (χ4n) is 4.08. The van der Waals surface area contributed by atoms with Crippen molar-refractivity contribution in [2.24, 2.45) is 0 Å². The largest absolute Gasteiger partial charge is 0.490 e. The highest BCUT2D eigenvalue weighted by molar-refractivity contribution is 5.94. The number of carboxylic acid groups (broad SMARTS) is 1. The predicted octanol–water partition coefficient (Wildman–Crippen LogP) is 5.26. The van der Waals surface area contributed by atoms with Gasteiger partial charge in [0, 0.05) is 37.8 Å². The van der Waals surface area contributed by atoms with Gasteiger partial charge < -0.3 is 10.0 Å². The maximum Gasteiger partial charge on any atom is 0.490 e. The van der Waals surface area contributed by atoms with Crippen molar-refractivity contribution in [2.75, 3.05) is 26.2 Å². The van der Waals surface area contributed by atoms with Crippen LogP contribution in [-0.2, 0) is 10.2 Å². The molecular weight excluding hydrogens is 433 g/mol. The Bertz CT molecular complexity index is 862. The number of amides is 1. The van der Waals surface area contributed by atoms with Gasteiger partial charge in [0.2, 0.25) is 0 Å². The molecule has 5 nitrogen and oxygen atoms in total. The highest BCUT2D eigenvalue weighted by Gasteiger charge is 2.38. The summed E-state index contributed by atoms with van der Waals surface area (Å²) in [6, 6.07) is 8.83. The summed E-state index contributed by atoms with van der Waals surface area (Å²) in [5.74, 6) is -2.57. The minimum Gasteiger partial charge on any atom is -0.475 e. The fourth-order valence-corrected chi connectivity index (χ4v) is 4.08. The van der Waals surface area contributed by atoms with Crippen LogP contribution in [0.2, 0.25) is 0 Å². The second-order valence-electron chi connectivity index (χ2n) is 9.93. The number of carbonyl (C=O) groups excluding carboxylic acids is 1. The van der Waals surface area contributed by atoms with Crippen LogP contribution in [0, 0.1) is 0 Å². The van der Waals surface area contributed by atoms with E-state index in [-0.39, 0.29) is 11.3 Å². The van der Waals surface area contributed by atoms with Crippen LogP contribution in [0.1, 0.15) is 69.8 Å². The number of alkyl halides is 3. The van der Waals surface area contributed by atoms with Gasteiger partial charge >= 0.3 is 12.1 Å². The highest BCUT2D eigenvalue weighted by Crippen LogP contribution is 2.26. The number of carbonyl (C=O) groups is 2. The average Bonchev–Trinajstić information content (AvgIpc) is 2.74. The van der Waals surface area contributed by atoms with Crippen LogP contribution in [0.25, 0.3) is 0 Å². The molecule has 0 unspecified atom stereocenters. The third-order valence-electron chi connectivity index (χ3n) is 6.45. The molecule has 33 heavy (non-hydrogen) atoms. The Balaban J connectivity index is 0.000000479. The molecule has 1 N–H and O–H groups in total. The Labute approximate surface area is 194 Å². The molecular formula is C25H35F3N2O3. The average molecular weight is 469 g/mol. The summed E-state index contributed by atoms with van der Waals surface area (Å²) in [6.07, 6.45) is -1.69. The SMILES string of the molecule is CC1=C(C)CN(C2CCN(C(=O)c3ccc(C(C)(C)C)cc3)CC2)CC1.O=C(O)C(F)(F)F. The monoisotopic (exact) mass is 468 g/mol. The van der Waals surface area contributed by atoms with E-state index in [0.717, 1.165) is 38.0 Å². The number of likely N-dealkylation sites (tertiary alicyclic amines) is 1. The number of nitrogens with zero attached hydrogens (tertiary/aromatic N) is 2. The zero-order valence-corrected chi connectivity index (χ0v) is 20.1. The molecule has 3 rings (SSSR count). The van der Waals surface area contributed by atoms with Gasteiger partial charge in [-0.25, -0.2) is 4.79 Å². The zero-order valence-electron chi connectivity index (χ0n) is 20.1. The Hall–Kier alpha value is -2.35. The lowest BCUT2D eigenvalue weighted by molar-refractivity contribution is -0.192. The minimum absolute atomic E-state index is 0.124. The molecule has 0 atom stereocenters.